The van der Waals surface area contributed by atoms with Crippen LogP contribution in [0.2, 0.25) is 0 Å². The van der Waals surface area contributed by atoms with Crippen molar-refractivity contribution in [2.75, 3.05) is 19.6 Å². The second-order valence-corrected chi connectivity index (χ2v) is 5.03. The summed E-state index contributed by atoms with van der Waals surface area (Å²) < 4.78 is 0. The normalized spacial score (nSPS) is 30.7. The highest BCUT2D eigenvalue weighted by Crippen LogP contribution is 2.18. The van der Waals surface area contributed by atoms with Gasteiger partial charge < -0.3 is 10.2 Å². The van der Waals surface area contributed by atoms with Gasteiger partial charge in [0.15, 0.2) is 0 Å². The maximum Gasteiger partial charge on any atom is 0.239 e. The molecule has 2 aliphatic rings. The SMILES string of the molecule is CC1CCCN(C(=O)[C@H]2CCCCN2)C1.Cl. The fourth-order valence-electron chi connectivity index (χ4n) is 2.67. The molecule has 2 atom stereocenters. The van der Waals surface area contributed by atoms with E-state index in [1.54, 1.807) is 0 Å². The Bertz CT molecular complexity index is 229. The summed E-state index contributed by atoms with van der Waals surface area (Å²) in [6, 6.07) is 0.115. The van der Waals surface area contributed by atoms with Gasteiger partial charge in [-0.15, -0.1) is 12.4 Å². The van der Waals surface area contributed by atoms with Gasteiger partial charge in [0.05, 0.1) is 6.04 Å². The van der Waals surface area contributed by atoms with Crippen molar-refractivity contribution in [1.82, 2.24) is 10.2 Å². The van der Waals surface area contributed by atoms with Gasteiger partial charge in [0, 0.05) is 13.1 Å². The zero-order valence-corrected chi connectivity index (χ0v) is 10.9. The summed E-state index contributed by atoms with van der Waals surface area (Å²) in [5.41, 5.74) is 0. The molecule has 0 bridgehead atoms. The Balaban J connectivity index is 0.00000128. The first kappa shape index (κ1) is 13.8. The Hall–Kier alpha value is -0.280. The lowest BCUT2D eigenvalue weighted by molar-refractivity contribution is -0.135. The summed E-state index contributed by atoms with van der Waals surface area (Å²) in [5.74, 6) is 1.03. The van der Waals surface area contributed by atoms with Gasteiger partial charge in [0.25, 0.3) is 0 Å². The monoisotopic (exact) mass is 246 g/mol. The molecule has 16 heavy (non-hydrogen) atoms. The highest BCUT2D eigenvalue weighted by Gasteiger charge is 2.28. The number of hydrogen-bond donors (Lipinski definition) is 1. The van der Waals surface area contributed by atoms with Gasteiger partial charge >= 0.3 is 0 Å². The Kier molecular flexibility index (Phi) is 5.56. The van der Waals surface area contributed by atoms with Crippen LogP contribution < -0.4 is 5.32 Å². The predicted octanol–water partition coefficient (Wildman–Crippen LogP) is 1.81. The molecule has 3 nitrogen and oxygen atoms in total. The van der Waals surface area contributed by atoms with Crippen LogP contribution in [0.25, 0.3) is 0 Å². The molecule has 2 aliphatic heterocycles. The molecule has 2 heterocycles. The minimum atomic E-state index is 0. The van der Waals surface area contributed by atoms with E-state index in [1.165, 1.54) is 25.7 Å². The summed E-state index contributed by atoms with van der Waals surface area (Å²) in [4.78, 5) is 14.2. The number of likely N-dealkylation sites (tertiary alicyclic amines) is 1. The minimum absolute atomic E-state index is 0. The number of carbonyl (C=O) groups excluding carboxylic acids is 1. The van der Waals surface area contributed by atoms with Crippen molar-refractivity contribution in [3.05, 3.63) is 0 Å². The lowest BCUT2D eigenvalue weighted by Crippen LogP contribution is -2.51. The van der Waals surface area contributed by atoms with Crippen molar-refractivity contribution in [2.24, 2.45) is 5.92 Å². The molecular weight excluding hydrogens is 224 g/mol. The van der Waals surface area contributed by atoms with E-state index in [0.717, 1.165) is 26.1 Å². The summed E-state index contributed by atoms with van der Waals surface area (Å²) in [7, 11) is 0. The average molecular weight is 247 g/mol. The van der Waals surface area contributed by atoms with Crippen molar-refractivity contribution in [2.45, 2.75) is 45.1 Å². The van der Waals surface area contributed by atoms with Crippen LogP contribution in [0, 0.1) is 5.92 Å². The van der Waals surface area contributed by atoms with Crippen LogP contribution in [0.15, 0.2) is 0 Å². The van der Waals surface area contributed by atoms with Crippen molar-refractivity contribution in [3.8, 4) is 0 Å². The first-order chi connectivity index (χ1) is 7.27. The highest BCUT2D eigenvalue weighted by atomic mass is 35.5. The molecule has 2 rings (SSSR count). The maximum absolute atomic E-state index is 12.2. The zero-order valence-electron chi connectivity index (χ0n) is 10.1. The number of piperidine rings is 2. The zero-order chi connectivity index (χ0) is 10.7. The van der Waals surface area contributed by atoms with Crippen molar-refractivity contribution < 1.29 is 4.79 Å². The van der Waals surface area contributed by atoms with Crippen molar-refractivity contribution >= 4 is 18.3 Å². The topological polar surface area (TPSA) is 32.3 Å². The number of rotatable bonds is 1. The Morgan fingerprint density at radius 2 is 2.06 bits per heavy atom. The van der Waals surface area contributed by atoms with Crippen molar-refractivity contribution in [3.63, 3.8) is 0 Å². The van der Waals surface area contributed by atoms with Crippen LogP contribution in [0.4, 0.5) is 0 Å². The largest absolute Gasteiger partial charge is 0.341 e. The number of nitrogens with zero attached hydrogens (tertiary/aromatic N) is 1. The Labute approximate surface area is 104 Å². The number of amides is 1. The van der Waals surface area contributed by atoms with Gasteiger partial charge in [-0.3, -0.25) is 4.79 Å². The van der Waals surface area contributed by atoms with E-state index in [4.69, 9.17) is 0 Å². The molecule has 2 fully saturated rings. The fraction of sp³-hybridized carbons (Fsp3) is 0.917. The molecule has 2 saturated heterocycles. The number of hydrogen-bond acceptors (Lipinski definition) is 2. The Morgan fingerprint density at radius 1 is 1.25 bits per heavy atom. The third-order valence-electron chi connectivity index (χ3n) is 3.58. The van der Waals surface area contributed by atoms with Crippen LogP contribution in [-0.2, 0) is 4.79 Å². The number of carbonyl (C=O) groups is 1. The second kappa shape index (κ2) is 6.45. The third-order valence-corrected chi connectivity index (χ3v) is 3.58. The second-order valence-electron chi connectivity index (χ2n) is 5.03. The van der Waals surface area contributed by atoms with Gasteiger partial charge in [-0.2, -0.15) is 0 Å². The van der Waals surface area contributed by atoms with E-state index in [1.807, 2.05) is 0 Å². The van der Waals surface area contributed by atoms with Crippen LogP contribution in [0.5, 0.6) is 0 Å². The molecule has 4 heteroatoms. The smallest absolute Gasteiger partial charge is 0.239 e. The fourth-order valence-corrected chi connectivity index (χ4v) is 2.67. The van der Waals surface area contributed by atoms with Gasteiger partial charge in [-0.05, 0) is 38.1 Å². The summed E-state index contributed by atoms with van der Waals surface area (Å²) >= 11 is 0. The standard InChI is InChI=1S/C12H22N2O.ClH/c1-10-5-4-8-14(9-10)12(15)11-6-2-3-7-13-11;/h10-11,13H,2-9H2,1H3;1H/t10?,11-;/m1./s1. The average Bonchev–Trinajstić information content (AvgIpc) is 2.29. The van der Waals surface area contributed by atoms with Gasteiger partial charge in [-0.25, -0.2) is 0 Å². The van der Waals surface area contributed by atoms with E-state index in [9.17, 15) is 4.79 Å². The summed E-state index contributed by atoms with van der Waals surface area (Å²) in [6.45, 7) is 5.20. The quantitative estimate of drug-likeness (QED) is 0.766. The lowest BCUT2D eigenvalue weighted by Gasteiger charge is -2.35. The predicted molar refractivity (Wildman–Crippen MR) is 67.9 cm³/mol. The molecule has 1 amide bonds. The molecule has 0 aromatic heterocycles. The van der Waals surface area contributed by atoms with Crippen LogP contribution >= 0.6 is 12.4 Å². The maximum atomic E-state index is 12.2. The summed E-state index contributed by atoms with van der Waals surface area (Å²) in [6.07, 6.45) is 5.91. The minimum Gasteiger partial charge on any atom is -0.341 e. The lowest BCUT2D eigenvalue weighted by atomic mass is 9.98. The first-order valence-corrected chi connectivity index (χ1v) is 6.29. The molecule has 94 valence electrons. The highest BCUT2D eigenvalue weighted by molar-refractivity contribution is 5.85. The molecule has 0 aromatic carbocycles. The number of halogens is 1. The van der Waals surface area contributed by atoms with Gasteiger partial charge in [0.1, 0.15) is 0 Å². The van der Waals surface area contributed by atoms with Crippen LogP contribution in [-0.4, -0.2) is 36.5 Å². The molecule has 0 radical (unpaired) electrons. The third kappa shape index (κ3) is 3.36. The van der Waals surface area contributed by atoms with E-state index in [2.05, 4.69) is 17.1 Å². The molecular formula is C12H23ClN2O. The molecule has 0 aromatic rings. The molecule has 0 saturated carbocycles. The molecule has 0 aliphatic carbocycles. The first-order valence-electron chi connectivity index (χ1n) is 6.29. The van der Waals surface area contributed by atoms with Gasteiger partial charge in [-0.1, -0.05) is 13.3 Å². The van der Waals surface area contributed by atoms with E-state index < -0.39 is 0 Å². The molecule has 1 N–H and O–H groups in total. The van der Waals surface area contributed by atoms with E-state index in [0.29, 0.717) is 11.8 Å². The van der Waals surface area contributed by atoms with Crippen molar-refractivity contribution in [1.29, 1.82) is 0 Å². The Morgan fingerprint density at radius 3 is 2.69 bits per heavy atom. The molecule has 1 unspecified atom stereocenters. The molecule has 0 spiro atoms. The van der Waals surface area contributed by atoms with Gasteiger partial charge in [0.2, 0.25) is 5.91 Å². The summed E-state index contributed by atoms with van der Waals surface area (Å²) in [5, 5.41) is 3.34. The number of nitrogens with one attached hydrogen (secondary N) is 1. The van der Waals surface area contributed by atoms with Crippen LogP contribution in [0.1, 0.15) is 39.0 Å². The van der Waals surface area contributed by atoms with Crippen LogP contribution in [0.3, 0.4) is 0 Å². The van der Waals surface area contributed by atoms with E-state index >= 15 is 0 Å². The van der Waals surface area contributed by atoms with E-state index in [-0.39, 0.29) is 18.4 Å².